The number of hydrogen-bond acceptors (Lipinski definition) is 9. The summed E-state index contributed by atoms with van der Waals surface area (Å²) in [6.45, 7) is 3.21. The molecule has 1 unspecified atom stereocenters. The standard InChI is InChI=1S/C24H22N4O6/c1-3-33-23(29)20-19(15-9-6-5-7-10-15)18(14-25)22(26)27(21(20)24(30)34-4-2)16-11-8-12-17(13-16)28(31)32/h5-13,19H,3-4,26H2,1-2H3. The van der Waals surface area contributed by atoms with E-state index in [2.05, 4.69) is 0 Å². The van der Waals surface area contributed by atoms with E-state index in [1.807, 2.05) is 6.07 Å². The summed E-state index contributed by atoms with van der Waals surface area (Å²) in [4.78, 5) is 38.3. The van der Waals surface area contributed by atoms with Gasteiger partial charge in [0.25, 0.3) is 5.69 Å². The maximum absolute atomic E-state index is 13.2. The second-order valence-corrected chi connectivity index (χ2v) is 7.07. The minimum atomic E-state index is -1.01. The first-order chi connectivity index (χ1) is 16.3. The lowest BCUT2D eigenvalue weighted by Crippen LogP contribution is -2.41. The van der Waals surface area contributed by atoms with Crippen molar-refractivity contribution in [1.29, 1.82) is 5.26 Å². The van der Waals surface area contributed by atoms with Crippen LogP contribution >= 0.6 is 0 Å². The van der Waals surface area contributed by atoms with Gasteiger partial charge in [-0.1, -0.05) is 36.4 Å². The van der Waals surface area contributed by atoms with Crippen LogP contribution in [-0.4, -0.2) is 30.1 Å². The molecule has 0 fully saturated rings. The van der Waals surface area contributed by atoms with E-state index in [0.717, 1.165) is 4.90 Å². The Bertz CT molecular complexity index is 1230. The van der Waals surface area contributed by atoms with E-state index in [1.54, 1.807) is 44.2 Å². The Morgan fingerprint density at radius 2 is 1.74 bits per heavy atom. The number of benzene rings is 2. The molecular formula is C24H22N4O6. The molecule has 0 saturated carbocycles. The van der Waals surface area contributed by atoms with Gasteiger partial charge in [-0.15, -0.1) is 0 Å². The van der Waals surface area contributed by atoms with Crippen LogP contribution in [0.2, 0.25) is 0 Å². The molecule has 1 heterocycles. The number of ether oxygens (including phenoxy) is 2. The molecule has 10 heteroatoms. The molecular weight excluding hydrogens is 440 g/mol. The van der Waals surface area contributed by atoms with Gasteiger partial charge in [0.2, 0.25) is 0 Å². The van der Waals surface area contributed by atoms with Crippen LogP contribution in [0.1, 0.15) is 25.3 Å². The Hall–Kier alpha value is -4.65. The van der Waals surface area contributed by atoms with Gasteiger partial charge < -0.3 is 15.2 Å². The highest BCUT2D eigenvalue weighted by molar-refractivity contribution is 6.06. The van der Waals surface area contributed by atoms with Crippen molar-refractivity contribution in [3.8, 4) is 6.07 Å². The molecule has 0 saturated heterocycles. The number of hydrogen-bond donors (Lipinski definition) is 1. The Kier molecular flexibility index (Phi) is 7.28. The molecule has 1 atom stereocenters. The fraction of sp³-hybridized carbons (Fsp3) is 0.208. The molecule has 34 heavy (non-hydrogen) atoms. The number of nitriles is 1. The molecule has 2 aromatic rings. The molecule has 1 aliphatic rings. The Labute approximate surface area is 195 Å². The number of allylic oxidation sites excluding steroid dienone is 1. The minimum Gasteiger partial charge on any atom is -0.463 e. The third-order valence-electron chi connectivity index (χ3n) is 5.09. The van der Waals surface area contributed by atoms with Crippen LogP contribution in [0.5, 0.6) is 0 Å². The van der Waals surface area contributed by atoms with E-state index in [-0.39, 0.29) is 47.3 Å². The summed E-state index contributed by atoms with van der Waals surface area (Å²) in [7, 11) is 0. The van der Waals surface area contributed by atoms with Crippen LogP contribution in [-0.2, 0) is 19.1 Å². The number of esters is 2. The smallest absolute Gasteiger partial charge is 0.355 e. The highest BCUT2D eigenvalue weighted by Crippen LogP contribution is 2.43. The summed E-state index contributed by atoms with van der Waals surface area (Å²) >= 11 is 0. The second kappa shape index (κ2) is 10.3. The molecule has 3 rings (SSSR count). The van der Waals surface area contributed by atoms with Crippen molar-refractivity contribution >= 4 is 23.3 Å². The van der Waals surface area contributed by atoms with Crippen molar-refractivity contribution in [3.05, 3.63) is 92.9 Å². The highest BCUT2D eigenvalue weighted by atomic mass is 16.6. The third-order valence-corrected chi connectivity index (χ3v) is 5.09. The summed E-state index contributed by atoms with van der Waals surface area (Å²) in [5, 5.41) is 21.4. The first-order valence-electron chi connectivity index (χ1n) is 10.4. The molecule has 0 radical (unpaired) electrons. The van der Waals surface area contributed by atoms with Crippen LogP contribution in [0.25, 0.3) is 0 Å². The maximum atomic E-state index is 13.2. The molecule has 0 aliphatic carbocycles. The minimum absolute atomic E-state index is 0.00799. The molecule has 0 amide bonds. The van der Waals surface area contributed by atoms with Gasteiger partial charge in [-0.2, -0.15) is 5.26 Å². The van der Waals surface area contributed by atoms with Crippen LogP contribution in [0.4, 0.5) is 11.4 Å². The lowest BCUT2D eigenvalue weighted by molar-refractivity contribution is -0.384. The van der Waals surface area contributed by atoms with Crippen molar-refractivity contribution in [2.24, 2.45) is 5.73 Å². The molecule has 1 aliphatic heterocycles. The molecule has 10 nitrogen and oxygen atoms in total. The van der Waals surface area contributed by atoms with Crippen LogP contribution in [0, 0.1) is 21.4 Å². The van der Waals surface area contributed by atoms with Crippen LogP contribution < -0.4 is 10.6 Å². The van der Waals surface area contributed by atoms with Crippen LogP contribution in [0.15, 0.2) is 77.3 Å². The summed E-state index contributed by atoms with van der Waals surface area (Å²) in [5.41, 5.74) is 6.33. The monoisotopic (exact) mass is 462 g/mol. The van der Waals surface area contributed by atoms with E-state index in [1.165, 1.54) is 24.3 Å². The van der Waals surface area contributed by atoms with Crippen molar-refractivity contribution in [2.45, 2.75) is 19.8 Å². The largest absolute Gasteiger partial charge is 0.463 e. The Balaban J connectivity index is 2.41. The summed E-state index contributed by atoms with van der Waals surface area (Å²) in [6.07, 6.45) is 0. The summed E-state index contributed by atoms with van der Waals surface area (Å²) < 4.78 is 10.5. The summed E-state index contributed by atoms with van der Waals surface area (Å²) in [5.74, 6) is -2.90. The molecule has 2 aromatic carbocycles. The average Bonchev–Trinajstić information content (AvgIpc) is 2.84. The first kappa shape index (κ1) is 24.0. The summed E-state index contributed by atoms with van der Waals surface area (Å²) in [6, 6.07) is 16.0. The van der Waals surface area contributed by atoms with E-state index >= 15 is 0 Å². The number of non-ortho nitro benzene ring substituents is 1. The number of carbonyl (C=O) groups excluding carboxylic acids is 2. The molecule has 0 aromatic heterocycles. The van der Waals surface area contributed by atoms with E-state index < -0.39 is 22.8 Å². The van der Waals surface area contributed by atoms with Gasteiger partial charge in [-0.05, 0) is 25.5 Å². The van der Waals surface area contributed by atoms with E-state index in [9.17, 15) is 25.0 Å². The number of carbonyl (C=O) groups is 2. The van der Waals surface area contributed by atoms with Gasteiger partial charge in [0.05, 0.1) is 47.0 Å². The molecule has 0 spiro atoms. The van der Waals surface area contributed by atoms with Gasteiger partial charge in [-0.25, -0.2) is 9.59 Å². The van der Waals surface area contributed by atoms with Gasteiger partial charge in [0.15, 0.2) is 0 Å². The molecule has 174 valence electrons. The molecule has 0 bridgehead atoms. The van der Waals surface area contributed by atoms with E-state index in [0.29, 0.717) is 5.56 Å². The number of nitro groups is 1. The number of anilines is 1. The average molecular weight is 462 g/mol. The lowest BCUT2D eigenvalue weighted by atomic mass is 9.81. The fourth-order valence-electron chi connectivity index (χ4n) is 3.73. The Morgan fingerprint density at radius 1 is 1.09 bits per heavy atom. The SMILES string of the molecule is CCOC(=O)C1=C(C(=O)OCC)N(c2cccc([N+](=O)[O-])c2)C(N)=C(C#N)C1c1ccccc1. The predicted molar refractivity (Wildman–Crippen MR) is 122 cm³/mol. The quantitative estimate of drug-likeness (QED) is 0.371. The van der Waals surface area contributed by atoms with Crippen molar-refractivity contribution < 1.29 is 24.0 Å². The van der Waals surface area contributed by atoms with Crippen molar-refractivity contribution in [3.63, 3.8) is 0 Å². The molecule has 2 N–H and O–H groups in total. The predicted octanol–water partition coefficient (Wildman–Crippen LogP) is 3.27. The van der Waals surface area contributed by atoms with Gasteiger partial charge in [-0.3, -0.25) is 15.0 Å². The second-order valence-electron chi connectivity index (χ2n) is 7.07. The zero-order chi connectivity index (χ0) is 24.8. The third kappa shape index (κ3) is 4.45. The van der Waals surface area contributed by atoms with Crippen molar-refractivity contribution in [1.82, 2.24) is 0 Å². The lowest BCUT2D eigenvalue weighted by Gasteiger charge is -2.36. The maximum Gasteiger partial charge on any atom is 0.355 e. The topological polar surface area (TPSA) is 149 Å². The van der Waals surface area contributed by atoms with Crippen LogP contribution in [0.3, 0.4) is 0 Å². The number of nitrogens with zero attached hydrogens (tertiary/aromatic N) is 3. The fourth-order valence-corrected chi connectivity index (χ4v) is 3.73. The normalized spacial score (nSPS) is 15.6. The number of rotatable bonds is 7. The zero-order valence-corrected chi connectivity index (χ0v) is 18.6. The first-order valence-corrected chi connectivity index (χ1v) is 10.4. The van der Waals surface area contributed by atoms with Crippen molar-refractivity contribution in [2.75, 3.05) is 18.1 Å². The Morgan fingerprint density at radius 3 is 2.32 bits per heavy atom. The van der Waals surface area contributed by atoms with Gasteiger partial charge in [0, 0.05) is 12.1 Å². The van der Waals surface area contributed by atoms with E-state index in [4.69, 9.17) is 15.2 Å². The highest BCUT2D eigenvalue weighted by Gasteiger charge is 2.43. The van der Waals surface area contributed by atoms with Gasteiger partial charge in [0.1, 0.15) is 11.5 Å². The zero-order valence-electron chi connectivity index (χ0n) is 18.6. The van der Waals surface area contributed by atoms with Gasteiger partial charge >= 0.3 is 11.9 Å². The number of nitrogens with two attached hydrogens (primary N) is 1. The number of nitro benzene ring substituents is 1.